The zero-order valence-corrected chi connectivity index (χ0v) is 20.5. The highest BCUT2D eigenvalue weighted by Gasteiger charge is 2.39. The SMILES string of the molecule is CCn1c(CO)nn(-c2nc(O[C@@H](C)C(F)(F)F)c(C(=O)Nc3c(C)cc(C)nc3OC)cc2F)c1=O. The van der Waals surface area contributed by atoms with Crippen LogP contribution in [0.4, 0.5) is 23.2 Å². The number of aromatic nitrogens is 5. The van der Waals surface area contributed by atoms with Crippen molar-refractivity contribution < 1.29 is 36.9 Å². The first-order valence-electron chi connectivity index (χ1n) is 10.9. The minimum Gasteiger partial charge on any atom is -0.480 e. The number of anilines is 1. The molecule has 3 rings (SSSR count). The number of aliphatic hydroxyl groups is 1. The second-order valence-corrected chi connectivity index (χ2v) is 7.88. The molecule has 37 heavy (non-hydrogen) atoms. The minimum absolute atomic E-state index is 0.0234. The monoisotopic (exact) mass is 528 g/mol. The van der Waals surface area contributed by atoms with Crippen LogP contribution in [0.1, 0.15) is 41.3 Å². The van der Waals surface area contributed by atoms with Gasteiger partial charge in [-0.2, -0.15) is 22.8 Å². The van der Waals surface area contributed by atoms with Crippen LogP contribution in [0.15, 0.2) is 16.9 Å². The highest BCUT2D eigenvalue weighted by Crippen LogP contribution is 2.31. The van der Waals surface area contributed by atoms with E-state index in [1.807, 2.05) is 0 Å². The third-order valence-corrected chi connectivity index (χ3v) is 5.26. The van der Waals surface area contributed by atoms with Crippen LogP contribution in [-0.4, -0.2) is 54.7 Å². The average molecular weight is 528 g/mol. The van der Waals surface area contributed by atoms with Crippen molar-refractivity contribution in [2.45, 2.75) is 53.1 Å². The zero-order valence-electron chi connectivity index (χ0n) is 20.5. The fraction of sp³-hybridized carbons (Fsp3) is 0.409. The standard InChI is InChI=1S/C22H24F4N6O5/c1-6-31-15(9-33)30-32(21(31)35)17-14(23)8-13(19(29-17)37-12(4)22(24,25)26)18(34)28-16-10(2)7-11(3)27-20(16)36-5/h7-8,12,33H,6,9H2,1-5H3,(H,28,34)/t12-/m0/s1. The van der Waals surface area contributed by atoms with Crippen molar-refractivity contribution in [3.63, 3.8) is 0 Å². The molecule has 15 heteroatoms. The van der Waals surface area contributed by atoms with Crippen molar-refractivity contribution in [2.75, 3.05) is 12.4 Å². The lowest BCUT2D eigenvalue weighted by Crippen LogP contribution is -2.33. The van der Waals surface area contributed by atoms with Gasteiger partial charge in [0.25, 0.3) is 5.91 Å². The Balaban J connectivity index is 2.16. The number of alkyl halides is 3. The number of carbonyl (C=O) groups excluding carboxylic acids is 1. The normalized spacial score (nSPS) is 12.4. The quantitative estimate of drug-likeness (QED) is 0.427. The summed E-state index contributed by atoms with van der Waals surface area (Å²) >= 11 is 0. The van der Waals surface area contributed by atoms with Crippen molar-refractivity contribution in [3.05, 3.63) is 51.1 Å². The molecule has 0 aliphatic carbocycles. The molecule has 1 atom stereocenters. The molecule has 0 aliphatic heterocycles. The molecule has 0 spiro atoms. The molecule has 3 aromatic rings. The van der Waals surface area contributed by atoms with Crippen molar-refractivity contribution in [1.29, 1.82) is 0 Å². The number of hydrogen-bond acceptors (Lipinski definition) is 8. The molecule has 3 aromatic heterocycles. The number of methoxy groups -OCH3 is 1. The van der Waals surface area contributed by atoms with Gasteiger partial charge in [0.1, 0.15) is 17.9 Å². The fourth-order valence-electron chi connectivity index (χ4n) is 3.39. The molecule has 1 amide bonds. The van der Waals surface area contributed by atoms with Crippen LogP contribution >= 0.6 is 0 Å². The Morgan fingerprint density at radius 3 is 2.43 bits per heavy atom. The largest absolute Gasteiger partial charge is 0.480 e. The summed E-state index contributed by atoms with van der Waals surface area (Å²) in [6, 6.07) is 2.20. The van der Waals surface area contributed by atoms with Crippen molar-refractivity contribution in [2.24, 2.45) is 0 Å². The van der Waals surface area contributed by atoms with Crippen molar-refractivity contribution >= 4 is 11.6 Å². The number of halogens is 4. The molecule has 0 aromatic carbocycles. The van der Waals surface area contributed by atoms with Crippen LogP contribution in [0, 0.1) is 19.7 Å². The van der Waals surface area contributed by atoms with E-state index in [-0.39, 0.29) is 23.9 Å². The predicted molar refractivity (Wildman–Crippen MR) is 122 cm³/mol. The number of nitrogens with zero attached hydrogens (tertiary/aromatic N) is 5. The summed E-state index contributed by atoms with van der Waals surface area (Å²) in [7, 11) is 1.31. The van der Waals surface area contributed by atoms with E-state index in [9.17, 15) is 27.9 Å². The van der Waals surface area contributed by atoms with Gasteiger partial charge in [-0.25, -0.2) is 14.2 Å². The van der Waals surface area contributed by atoms with Crippen molar-refractivity contribution in [3.8, 4) is 17.6 Å². The van der Waals surface area contributed by atoms with Gasteiger partial charge in [0.15, 0.2) is 23.6 Å². The topological polar surface area (TPSA) is 133 Å². The second-order valence-electron chi connectivity index (χ2n) is 7.88. The maximum Gasteiger partial charge on any atom is 0.425 e. The van der Waals surface area contributed by atoms with Crippen LogP contribution in [-0.2, 0) is 13.2 Å². The Hall–Kier alpha value is -4.01. The van der Waals surface area contributed by atoms with E-state index in [0.29, 0.717) is 28.9 Å². The van der Waals surface area contributed by atoms with Gasteiger partial charge in [0.05, 0.1) is 7.11 Å². The molecule has 11 nitrogen and oxygen atoms in total. The third-order valence-electron chi connectivity index (χ3n) is 5.26. The molecule has 0 bridgehead atoms. The summed E-state index contributed by atoms with van der Waals surface area (Å²) in [5, 5.41) is 15.7. The van der Waals surface area contributed by atoms with Crippen LogP contribution in [0.5, 0.6) is 11.8 Å². The van der Waals surface area contributed by atoms with Crippen LogP contribution in [0.3, 0.4) is 0 Å². The number of nitrogens with one attached hydrogen (secondary N) is 1. The van der Waals surface area contributed by atoms with E-state index >= 15 is 4.39 Å². The highest BCUT2D eigenvalue weighted by molar-refractivity contribution is 6.07. The number of aryl methyl sites for hydroxylation is 2. The Bertz CT molecular complexity index is 1390. The van der Waals surface area contributed by atoms with Gasteiger partial charge in [-0.15, -0.1) is 5.10 Å². The summed E-state index contributed by atoms with van der Waals surface area (Å²) in [4.78, 5) is 33.6. The van der Waals surface area contributed by atoms with E-state index in [1.165, 1.54) is 7.11 Å². The molecule has 0 saturated heterocycles. The van der Waals surface area contributed by atoms with Crippen LogP contribution in [0.2, 0.25) is 0 Å². The summed E-state index contributed by atoms with van der Waals surface area (Å²) < 4.78 is 66.5. The van der Waals surface area contributed by atoms with Gasteiger partial charge < -0.3 is 19.9 Å². The predicted octanol–water partition coefficient (Wildman–Crippen LogP) is 2.68. The number of carbonyl (C=O) groups is 1. The van der Waals surface area contributed by atoms with Gasteiger partial charge in [-0.1, -0.05) is 0 Å². The summed E-state index contributed by atoms with van der Waals surface area (Å²) in [5.74, 6) is -4.16. The van der Waals surface area contributed by atoms with Gasteiger partial charge >= 0.3 is 11.9 Å². The number of hydrogen-bond donors (Lipinski definition) is 2. The molecule has 0 saturated carbocycles. The minimum atomic E-state index is -4.85. The molecular formula is C22H24F4N6O5. The van der Waals surface area contributed by atoms with Crippen LogP contribution in [0.25, 0.3) is 5.82 Å². The summed E-state index contributed by atoms with van der Waals surface area (Å²) in [6.07, 6.45) is -7.30. The van der Waals surface area contributed by atoms with E-state index in [1.54, 1.807) is 26.8 Å². The Morgan fingerprint density at radius 1 is 1.22 bits per heavy atom. The molecule has 0 radical (unpaired) electrons. The lowest BCUT2D eigenvalue weighted by atomic mass is 10.2. The molecule has 200 valence electrons. The molecule has 2 N–H and O–H groups in total. The maximum absolute atomic E-state index is 15.2. The lowest BCUT2D eigenvalue weighted by Gasteiger charge is -2.20. The van der Waals surface area contributed by atoms with Gasteiger partial charge in [-0.05, 0) is 45.4 Å². The number of aliphatic hydroxyl groups excluding tert-OH is 1. The second kappa shape index (κ2) is 10.5. The lowest BCUT2D eigenvalue weighted by molar-refractivity contribution is -0.190. The van der Waals surface area contributed by atoms with E-state index in [2.05, 4.69) is 20.4 Å². The van der Waals surface area contributed by atoms with E-state index in [4.69, 9.17) is 9.47 Å². The van der Waals surface area contributed by atoms with Crippen LogP contribution < -0.4 is 20.5 Å². The molecular weight excluding hydrogens is 504 g/mol. The first kappa shape index (κ1) is 27.6. The Kier molecular flexibility index (Phi) is 7.86. The van der Waals surface area contributed by atoms with E-state index < -0.39 is 53.6 Å². The first-order valence-corrected chi connectivity index (χ1v) is 10.9. The van der Waals surface area contributed by atoms with Gasteiger partial charge in [0, 0.05) is 12.2 Å². The van der Waals surface area contributed by atoms with Gasteiger partial charge in [0.2, 0.25) is 11.8 Å². The zero-order chi connectivity index (χ0) is 27.7. The summed E-state index contributed by atoms with van der Waals surface area (Å²) in [5.41, 5.74) is -0.405. The van der Waals surface area contributed by atoms with Crippen molar-refractivity contribution in [1.82, 2.24) is 24.3 Å². The maximum atomic E-state index is 15.2. The Morgan fingerprint density at radius 2 is 1.89 bits per heavy atom. The molecule has 0 aliphatic rings. The Labute approximate surface area is 207 Å². The smallest absolute Gasteiger partial charge is 0.425 e. The number of pyridine rings is 2. The molecule has 0 unspecified atom stereocenters. The van der Waals surface area contributed by atoms with E-state index in [0.717, 1.165) is 4.57 Å². The number of ether oxygens (including phenoxy) is 2. The fourth-order valence-corrected chi connectivity index (χ4v) is 3.39. The summed E-state index contributed by atoms with van der Waals surface area (Å²) in [6.45, 7) is 4.96. The molecule has 3 heterocycles. The van der Waals surface area contributed by atoms with Gasteiger partial charge in [-0.3, -0.25) is 9.36 Å². The molecule has 0 fully saturated rings. The highest BCUT2D eigenvalue weighted by atomic mass is 19.4. The third kappa shape index (κ3) is 5.55. The number of amides is 1. The first-order chi connectivity index (χ1) is 17.3. The number of rotatable bonds is 8. The average Bonchev–Trinajstić information content (AvgIpc) is 3.15.